The normalized spacial score (nSPS) is 9.69. The number of carboxylic acids is 2. The molecule has 0 radical (unpaired) electrons. The van der Waals surface area contributed by atoms with Gasteiger partial charge in [0.15, 0.2) is 0 Å². The second-order valence-electron chi connectivity index (χ2n) is 2.59. The Morgan fingerprint density at radius 1 is 1.08 bits per heavy atom. The molecule has 13 heavy (non-hydrogen) atoms. The van der Waals surface area contributed by atoms with Gasteiger partial charge in [-0.1, -0.05) is 0 Å². The van der Waals surface area contributed by atoms with Crippen molar-refractivity contribution in [1.29, 1.82) is 0 Å². The molecule has 0 spiro atoms. The molecule has 5 heteroatoms. The van der Waals surface area contributed by atoms with E-state index in [1.54, 1.807) is 0 Å². The molecule has 0 unspecified atom stereocenters. The van der Waals surface area contributed by atoms with E-state index >= 15 is 0 Å². The summed E-state index contributed by atoms with van der Waals surface area (Å²) in [4.78, 5) is 21.3. The Morgan fingerprint density at radius 2 is 1.46 bits per heavy atom. The number of carbonyl (C=O) groups is 2. The van der Waals surface area contributed by atoms with E-state index in [9.17, 15) is 9.59 Å². The monoisotopic (exact) mass is 188 g/mol. The predicted octanol–water partition coefficient (Wildman–Crippen LogP) is -0.123. The molecule has 0 atom stereocenters. The first-order valence-corrected chi connectivity index (χ1v) is 4.60. The average Bonchev–Trinajstić information content (AvgIpc) is 2.03. The molecular weight excluding hydrogens is 183 g/mol. The molecule has 0 aliphatic heterocycles. The quantitative estimate of drug-likeness (QED) is 0.634. The van der Waals surface area contributed by atoms with Gasteiger partial charge in [0.2, 0.25) is 0 Å². The molecule has 0 aliphatic carbocycles. The number of carboxylic acid groups (broad SMARTS) is 2. The van der Waals surface area contributed by atoms with E-state index in [4.69, 9.17) is 10.2 Å². The summed E-state index contributed by atoms with van der Waals surface area (Å²) < 4.78 is 0.419. The zero-order valence-electron chi connectivity index (χ0n) is 6.94. The molecule has 1 aromatic carbocycles. The molecule has 62 valence electrons. The molecule has 0 fully saturated rings. The molecule has 0 bridgehead atoms. The van der Waals surface area contributed by atoms with Gasteiger partial charge < -0.3 is 0 Å². The van der Waals surface area contributed by atoms with Crippen molar-refractivity contribution in [3.63, 3.8) is 0 Å². The van der Waals surface area contributed by atoms with E-state index in [0.29, 0.717) is 30.7 Å². The van der Waals surface area contributed by atoms with Gasteiger partial charge in [0.1, 0.15) is 0 Å². The summed E-state index contributed by atoms with van der Waals surface area (Å²) in [6.45, 7) is 0. The first kappa shape index (κ1) is 10.2. The Hall–Kier alpha value is -0.840. The summed E-state index contributed by atoms with van der Waals surface area (Å²) in [5, 5.41) is 17.4. The van der Waals surface area contributed by atoms with Crippen molar-refractivity contribution in [2.45, 2.75) is 0 Å². The van der Waals surface area contributed by atoms with Crippen molar-refractivity contribution < 1.29 is 19.8 Å². The number of hydrogen-bond acceptors (Lipinski definition) is 2. The van der Waals surface area contributed by atoms with Gasteiger partial charge in [-0.15, -0.1) is 0 Å². The second-order valence-corrected chi connectivity index (χ2v) is 3.59. The third-order valence-electron chi connectivity index (χ3n) is 1.79. The van der Waals surface area contributed by atoms with Crippen molar-refractivity contribution in [3.8, 4) is 0 Å². The van der Waals surface area contributed by atoms with Crippen LogP contribution in [-0.4, -0.2) is 50.1 Å². The van der Waals surface area contributed by atoms with E-state index in [-0.39, 0.29) is 11.1 Å². The van der Waals surface area contributed by atoms with E-state index in [0.717, 1.165) is 0 Å². The number of aromatic carboxylic acids is 2. The fraction of sp³-hybridized carbons (Fsp3) is 0. The molecular formula is C8H5NaO4. The maximum atomic E-state index is 10.6. The van der Waals surface area contributed by atoms with Crippen LogP contribution in [0.5, 0.6) is 0 Å². The summed E-state index contributed by atoms with van der Waals surface area (Å²) in [7, 11) is 0. The van der Waals surface area contributed by atoms with Crippen molar-refractivity contribution in [3.05, 3.63) is 29.3 Å². The summed E-state index contributed by atoms with van der Waals surface area (Å²) in [5.74, 6) is -2.15. The Kier molecular flexibility index (Phi) is 3.08. The van der Waals surface area contributed by atoms with Crippen LogP contribution in [0.25, 0.3) is 0 Å². The van der Waals surface area contributed by atoms with Crippen LogP contribution < -0.4 is 2.81 Å². The molecule has 0 aromatic heterocycles. The fourth-order valence-electron chi connectivity index (χ4n) is 1.10. The Morgan fingerprint density at radius 3 is 1.77 bits per heavy atom. The van der Waals surface area contributed by atoms with Gasteiger partial charge in [-0.05, 0) is 0 Å². The molecule has 0 saturated carbocycles. The van der Waals surface area contributed by atoms with Crippen LogP contribution in [0.3, 0.4) is 0 Å². The number of rotatable bonds is 2. The van der Waals surface area contributed by atoms with Crippen LogP contribution in [-0.2, 0) is 0 Å². The predicted molar refractivity (Wildman–Crippen MR) is 45.7 cm³/mol. The van der Waals surface area contributed by atoms with Crippen molar-refractivity contribution in [2.24, 2.45) is 0 Å². The first-order valence-electron chi connectivity index (χ1n) is 3.60. The van der Waals surface area contributed by atoms with Crippen LogP contribution in [0.4, 0.5) is 0 Å². The third-order valence-corrected chi connectivity index (χ3v) is 2.87. The third kappa shape index (κ3) is 2.09. The van der Waals surface area contributed by atoms with Gasteiger partial charge in [-0.25, -0.2) is 0 Å². The summed E-state index contributed by atoms with van der Waals surface area (Å²) in [5.41, 5.74) is 0.179. The van der Waals surface area contributed by atoms with E-state index in [2.05, 4.69) is 0 Å². The van der Waals surface area contributed by atoms with Gasteiger partial charge in [-0.3, -0.25) is 0 Å². The Bertz CT molecular complexity index is 340. The summed E-state index contributed by atoms with van der Waals surface area (Å²) >= 11 is 0.411. The minimum atomic E-state index is -1.08. The molecule has 4 nitrogen and oxygen atoms in total. The SMILES string of the molecule is O=C(O)c1cccc(C(=O)O)[c]1[Na]. The van der Waals surface area contributed by atoms with Crippen LogP contribution >= 0.6 is 0 Å². The zero-order chi connectivity index (χ0) is 10.0. The van der Waals surface area contributed by atoms with Crippen LogP contribution in [0.2, 0.25) is 0 Å². The van der Waals surface area contributed by atoms with Gasteiger partial charge in [0.05, 0.1) is 0 Å². The summed E-state index contributed by atoms with van der Waals surface area (Å²) in [6.07, 6.45) is 0. The van der Waals surface area contributed by atoms with Gasteiger partial charge in [0, 0.05) is 0 Å². The first-order chi connectivity index (χ1) is 6.04. The maximum absolute atomic E-state index is 10.6. The second kappa shape index (κ2) is 3.91. The number of benzene rings is 1. The van der Waals surface area contributed by atoms with Crippen molar-refractivity contribution in [2.75, 3.05) is 0 Å². The van der Waals surface area contributed by atoms with E-state index in [1.165, 1.54) is 18.2 Å². The molecule has 0 heterocycles. The van der Waals surface area contributed by atoms with Crippen molar-refractivity contribution in [1.82, 2.24) is 0 Å². The fourth-order valence-corrected chi connectivity index (χ4v) is 1.86. The standard InChI is InChI=1S/C8H5O4.Na/c9-7(10)5-2-1-3-6(4-5)8(11)12;/h1-3H,(H,9,10)(H,11,12);. The summed E-state index contributed by atoms with van der Waals surface area (Å²) in [6, 6.07) is 4.27. The van der Waals surface area contributed by atoms with Gasteiger partial charge in [-0.2, -0.15) is 0 Å². The molecule has 2 N–H and O–H groups in total. The molecule has 0 aliphatic rings. The van der Waals surface area contributed by atoms with Crippen molar-refractivity contribution >= 4 is 42.7 Å². The van der Waals surface area contributed by atoms with Gasteiger partial charge >= 0.3 is 91.8 Å². The zero-order valence-corrected chi connectivity index (χ0v) is 8.94. The van der Waals surface area contributed by atoms with E-state index in [1.807, 2.05) is 0 Å². The topological polar surface area (TPSA) is 74.6 Å². The minimum absolute atomic E-state index is 0.0894. The molecule has 1 aromatic rings. The molecule has 0 amide bonds. The average molecular weight is 188 g/mol. The molecule has 0 saturated heterocycles. The van der Waals surface area contributed by atoms with Gasteiger partial charge in [0.25, 0.3) is 0 Å². The van der Waals surface area contributed by atoms with Crippen LogP contribution in [0.15, 0.2) is 18.2 Å². The Balaban J connectivity index is 3.35. The number of hydrogen-bond donors (Lipinski definition) is 2. The van der Waals surface area contributed by atoms with E-state index < -0.39 is 11.9 Å². The van der Waals surface area contributed by atoms with Crippen LogP contribution in [0.1, 0.15) is 20.7 Å². The molecule has 1 rings (SSSR count). The van der Waals surface area contributed by atoms with Crippen LogP contribution in [0, 0.1) is 0 Å². The Labute approximate surface area is 91.6 Å².